The lowest BCUT2D eigenvalue weighted by Crippen LogP contribution is -1.93. The highest BCUT2D eigenvalue weighted by Crippen LogP contribution is 2.12. The van der Waals surface area contributed by atoms with Gasteiger partial charge in [-0.2, -0.15) is 4.99 Å². The topological polar surface area (TPSA) is 58.9 Å². The van der Waals surface area contributed by atoms with E-state index in [1.807, 2.05) is 6.08 Å². The monoisotopic (exact) mass is 208 g/mol. The predicted octanol–water partition coefficient (Wildman–Crippen LogP) is 2.37. The van der Waals surface area contributed by atoms with Gasteiger partial charge >= 0.3 is 0 Å². The Morgan fingerprint density at radius 2 is 2.07 bits per heavy atom. The van der Waals surface area contributed by atoms with Gasteiger partial charge in [-0.3, -0.25) is 0 Å². The number of hydrogen-bond donors (Lipinski definition) is 0. The third kappa shape index (κ3) is 10.4. The van der Waals surface area contributed by atoms with Crippen LogP contribution in [-0.2, 0) is 9.59 Å². The molecule has 4 nitrogen and oxygen atoms in total. The van der Waals surface area contributed by atoms with Crippen LogP contribution in [0.25, 0.3) is 0 Å². The first-order valence-corrected chi connectivity index (χ1v) is 5.07. The Morgan fingerprint density at radius 1 is 1.27 bits per heavy atom. The predicted molar refractivity (Wildman–Crippen MR) is 57.9 cm³/mol. The fourth-order valence-corrected chi connectivity index (χ4v) is 1.22. The summed E-state index contributed by atoms with van der Waals surface area (Å²) >= 11 is 0. The van der Waals surface area contributed by atoms with Crippen LogP contribution in [0.3, 0.4) is 0 Å². The molecule has 0 bridgehead atoms. The summed E-state index contributed by atoms with van der Waals surface area (Å²) in [4.78, 5) is 26.3. The molecule has 0 spiro atoms. The molecule has 0 aliphatic rings. The highest BCUT2D eigenvalue weighted by molar-refractivity contribution is 5.34. The van der Waals surface area contributed by atoms with E-state index in [9.17, 15) is 9.59 Å². The lowest BCUT2D eigenvalue weighted by molar-refractivity contribution is 0.504. The van der Waals surface area contributed by atoms with E-state index in [1.54, 1.807) is 0 Å². The zero-order valence-electron chi connectivity index (χ0n) is 8.98. The van der Waals surface area contributed by atoms with Crippen molar-refractivity contribution in [1.82, 2.24) is 0 Å². The first-order chi connectivity index (χ1) is 7.31. The minimum absolute atomic E-state index is 0.559. The van der Waals surface area contributed by atoms with Crippen molar-refractivity contribution in [3.8, 4) is 0 Å². The summed E-state index contributed by atoms with van der Waals surface area (Å²) in [5.41, 5.74) is 0. The first-order valence-electron chi connectivity index (χ1n) is 5.07. The second-order valence-corrected chi connectivity index (χ2v) is 3.41. The second-order valence-electron chi connectivity index (χ2n) is 3.41. The van der Waals surface area contributed by atoms with E-state index in [2.05, 4.69) is 16.9 Å². The molecule has 0 aliphatic heterocycles. The molecule has 0 amide bonds. The highest BCUT2D eigenvalue weighted by Gasteiger charge is 1.98. The van der Waals surface area contributed by atoms with Crippen molar-refractivity contribution in [3.63, 3.8) is 0 Å². The molecule has 0 saturated carbocycles. The lowest BCUT2D eigenvalue weighted by atomic mass is 10.0. The summed E-state index contributed by atoms with van der Waals surface area (Å²) in [6.07, 6.45) is 10.3. The number of aliphatic imine (C=N–C) groups is 2. The Hall–Kier alpha value is -1.50. The Morgan fingerprint density at radius 3 is 2.73 bits per heavy atom. The number of hydrogen-bond acceptors (Lipinski definition) is 4. The standard InChI is InChI=1S/C11H16N2O2/c1-11(6-4-8-13-10-15)5-2-3-7-12-9-14/h4,8,11H,2-3,5-7H2,1H3. The summed E-state index contributed by atoms with van der Waals surface area (Å²) < 4.78 is 0. The third-order valence-electron chi connectivity index (χ3n) is 2.05. The SMILES string of the molecule is CC(CC=CN=C=O)CCCCN=C=O. The van der Waals surface area contributed by atoms with E-state index < -0.39 is 0 Å². The molecule has 1 atom stereocenters. The lowest BCUT2D eigenvalue weighted by Gasteiger charge is -2.06. The van der Waals surface area contributed by atoms with Gasteiger partial charge in [0.1, 0.15) is 0 Å². The molecular weight excluding hydrogens is 192 g/mol. The fourth-order valence-electron chi connectivity index (χ4n) is 1.22. The van der Waals surface area contributed by atoms with Crippen LogP contribution in [0.2, 0.25) is 0 Å². The van der Waals surface area contributed by atoms with Gasteiger partial charge < -0.3 is 0 Å². The third-order valence-corrected chi connectivity index (χ3v) is 2.05. The Labute approximate surface area is 89.8 Å². The van der Waals surface area contributed by atoms with Crippen LogP contribution in [0, 0.1) is 5.92 Å². The molecule has 0 aromatic rings. The van der Waals surface area contributed by atoms with Crippen LogP contribution in [0.15, 0.2) is 22.3 Å². The zero-order valence-corrected chi connectivity index (χ0v) is 8.98. The molecule has 0 fully saturated rings. The van der Waals surface area contributed by atoms with Gasteiger partial charge in [-0.1, -0.05) is 25.8 Å². The Kier molecular flexibility index (Phi) is 9.52. The number of nitrogens with zero attached hydrogens (tertiary/aromatic N) is 2. The summed E-state index contributed by atoms with van der Waals surface area (Å²) in [5.74, 6) is 0.559. The summed E-state index contributed by atoms with van der Waals surface area (Å²) in [6.45, 7) is 2.71. The molecule has 0 radical (unpaired) electrons. The first kappa shape index (κ1) is 13.5. The quantitative estimate of drug-likeness (QED) is 0.349. The van der Waals surface area contributed by atoms with Gasteiger partial charge in [-0.25, -0.2) is 14.6 Å². The zero-order chi connectivity index (χ0) is 11.4. The van der Waals surface area contributed by atoms with Crippen LogP contribution in [0.1, 0.15) is 32.6 Å². The number of carbonyl (C=O) groups excluding carboxylic acids is 2. The highest BCUT2D eigenvalue weighted by atomic mass is 16.1. The summed E-state index contributed by atoms with van der Waals surface area (Å²) in [6, 6.07) is 0. The van der Waals surface area contributed by atoms with Crippen molar-refractivity contribution in [2.75, 3.05) is 6.54 Å². The molecule has 0 rings (SSSR count). The van der Waals surface area contributed by atoms with Gasteiger partial charge in [0.25, 0.3) is 0 Å². The van der Waals surface area contributed by atoms with Gasteiger partial charge in [0.2, 0.25) is 12.2 Å². The molecule has 82 valence electrons. The molecular formula is C11H16N2O2. The van der Waals surface area contributed by atoms with Gasteiger partial charge in [0, 0.05) is 6.20 Å². The largest absolute Gasteiger partial charge is 0.239 e. The van der Waals surface area contributed by atoms with Crippen molar-refractivity contribution >= 4 is 12.2 Å². The Balaban J connectivity index is 3.44. The van der Waals surface area contributed by atoms with E-state index in [0.29, 0.717) is 12.5 Å². The maximum Gasteiger partial charge on any atom is 0.239 e. The van der Waals surface area contributed by atoms with Crippen molar-refractivity contribution in [3.05, 3.63) is 12.3 Å². The van der Waals surface area contributed by atoms with Crippen molar-refractivity contribution < 1.29 is 9.59 Å². The van der Waals surface area contributed by atoms with Crippen LogP contribution in [0.5, 0.6) is 0 Å². The van der Waals surface area contributed by atoms with E-state index >= 15 is 0 Å². The summed E-state index contributed by atoms with van der Waals surface area (Å²) in [7, 11) is 0. The minimum atomic E-state index is 0.559. The normalized spacial score (nSPS) is 11.8. The number of unbranched alkanes of at least 4 members (excludes halogenated alkanes) is 1. The molecule has 0 aromatic heterocycles. The van der Waals surface area contributed by atoms with Crippen LogP contribution >= 0.6 is 0 Å². The maximum atomic E-state index is 9.76. The van der Waals surface area contributed by atoms with Gasteiger partial charge in [0.15, 0.2) is 0 Å². The summed E-state index contributed by atoms with van der Waals surface area (Å²) in [5, 5.41) is 0. The van der Waals surface area contributed by atoms with Crippen molar-refractivity contribution in [1.29, 1.82) is 0 Å². The number of isocyanates is 2. The fraction of sp³-hybridized carbons (Fsp3) is 0.636. The molecule has 15 heavy (non-hydrogen) atoms. The van der Waals surface area contributed by atoms with Crippen molar-refractivity contribution in [2.45, 2.75) is 32.6 Å². The van der Waals surface area contributed by atoms with Gasteiger partial charge in [-0.15, -0.1) is 0 Å². The molecule has 0 aliphatic carbocycles. The van der Waals surface area contributed by atoms with Crippen LogP contribution in [-0.4, -0.2) is 18.7 Å². The van der Waals surface area contributed by atoms with Gasteiger partial charge in [-0.05, 0) is 18.8 Å². The molecule has 1 unspecified atom stereocenters. The number of allylic oxidation sites excluding steroid dienone is 1. The van der Waals surface area contributed by atoms with E-state index in [-0.39, 0.29) is 0 Å². The molecule has 0 N–H and O–H groups in total. The average Bonchev–Trinajstić information content (AvgIpc) is 2.24. The van der Waals surface area contributed by atoms with Crippen LogP contribution < -0.4 is 0 Å². The molecule has 0 heterocycles. The number of rotatable bonds is 8. The van der Waals surface area contributed by atoms with Crippen LogP contribution in [0.4, 0.5) is 0 Å². The minimum Gasteiger partial charge on any atom is -0.211 e. The molecule has 0 aromatic carbocycles. The second kappa shape index (κ2) is 10.6. The van der Waals surface area contributed by atoms with E-state index in [1.165, 1.54) is 18.4 Å². The van der Waals surface area contributed by atoms with Crippen molar-refractivity contribution in [2.24, 2.45) is 15.9 Å². The van der Waals surface area contributed by atoms with E-state index in [0.717, 1.165) is 25.7 Å². The van der Waals surface area contributed by atoms with E-state index in [4.69, 9.17) is 0 Å². The molecule has 4 heteroatoms. The smallest absolute Gasteiger partial charge is 0.211 e. The maximum absolute atomic E-state index is 9.76. The average molecular weight is 208 g/mol. The van der Waals surface area contributed by atoms with Gasteiger partial charge in [0.05, 0.1) is 6.54 Å². The molecule has 0 saturated heterocycles. The Bertz CT molecular complexity index is 274.